The van der Waals surface area contributed by atoms with E-state index in [0.717, 1.165) is 52.7 Å². The summed E-state index contributed by atoms with van der Waals surface area (Å²) >= 11 is 4.01. The number of amides is 1. The topological polar surface area (TPSA) is 81.1 Å². The maximum Gasteiger partial charge on any atom is 0.212 e. The molecule has 0 spiro atoms. The Morgan fingerprint density at radius 2 is 2.12 bits per heavy atom. The number of thioether (sulfide) groups is 1. The number of imidazole rings is 1. The zero-order chi connectivity index (χ0) is 22.9. The second-order valence-electron chi connectivity index (χ2n) is 8.66. The number of aryl methyl sites for hydroxylation is 1. The molecule has 1 amide bonds. The second-order valence-corrected chi connectivity index (χ2v) is 11.6. The van der Waals surface area contributed by atoms with E-state index in [0.29, 0.717) is 18.6 Å². The number of carbonyl (C=O) groups excluding carboxylic acids is 1. The molecule has 170 valence electrons. The number of fused-ring (bicyclic) bond motifs is 1. The van der Waals surface area contributed by atoms with Gasteiger partial charge in [-0.25, -0.2) is 9.97 Å². The first kappa shape index (κ1) is 23.7. The van der Waals surface area contributed by atoms with Gasteiger partial charge in [0, 0.05) is 11.0 Å². The van der Waals surface area contributed by atoms with Gasteiger partial charge in [0.1, 0.15) is 17.2 Å². The van der Waals surface area contributed by atoms with Crippen molar-refractivity contribution in [2.45, 2.75) is 44.6 Å². The number of anilines is 3. The minimum absolute atomic E-state index is 0.141. The normalized spacial score (nSPS) is 18.3. The fourth-order valence-corrected chi connectivity index (χ4v) is 6.64. The van der Waals surface area contributed by atoms with Gasteiger partial charge in [-0.1, -0.05) is 19.9 Å². The molecule has 7 nitrogen and oxygen atoms in total. The maximum atomic E-state index is 11.1. The number of halogens is 1. The average Bonchev–Trinajstić information content (AvgIpc) is 3.09. The van der Waals surface area contributed by atoms with Crippen LogP contribution in [0.2, 0.25) is 0 Å². The SMILES string of the molecule is CSc1cc(C2CCC(C)(C)CO2)ccc1Nc1cc(NC=O)nc2c1nc(C)n2PI. The van der Waals surface area contributed by atoms with Crippen LogP contribution < -0.4 is 10.6 Å². The zero-order valence-electron chi connectivity index (χ0n) is 18.5. The first-order valence-corrected chi connectivity index (χ1v) is 15.7. The molecule has 1 aliphatic rings. The molecule has 1 fully saturated rings. The van der Waals surface area contributed by atoms with Gasteiger partial charge in [-0.3, -0.25) is 9.13 Å². The van der Waals surface area contributed by atoms with Gasteiger partial charge in [0.2, 0.25) is 6.41 Å². The Hall–Kier alpha value is -1.42. The Balaban J connectivity index is 1.68. The fraction of sp³-hybridized carbons (Fsp3) is 0.409. The van der Waals surface area contributed by atoms with Crippen LogP contribution in [0, 0.1) is 12.3 Å². The predicted molar refractivity (Wildman–Crippen MR) is 143 cm³/mol. The molecule has 0 saturated carbocycles. The molecule has 3 heterocycles. The molecule has 2 unspecified atom stereocenters. The molecule has 0 radical (unpaired) electrons. The van der Waals surface area contributed by atoms with Gasteiger partial charge in [0.25, 0.3) is 0 Å². The quantitative estimate of drug-likeness (QED) is 0.144. The summed E-state index contributed by atoms with van der Waals surface area (Å²) in [4.78, 5) is 21.5. The summed E-state index contributed by atoms with van der Waals surface area (Å²) in [6, 6.07) is 8.29. The number of nitrogens with zero attached hydrogens (tertiary/aromatic N) is 3. The summed E-state index contributed by atoms with van der Waals surface area (Å²) < 4.78 is 8.23. The van der Waals surface area contributed by atoms with Crippen LogP contribution in [-0.4, -0.2) is 33.6 Å². The van der Waals surface area contributed by atoms with Crippen molar-refractivity contribution in [2.75, 3.05) is 23.5 Å². The highest BCUT2D eigenvalue weighted by atomic mass is 127. The number of pyridine rings is 1. The number of aromatic nitrogens is 3. The third-order valence-corrected chi connectivity index (χ3v) is 8.63. The first-order valence-electron chi connectivity index (χ1n) is 10.4. The Kier molecular flexibility index (Phi) is 7.29. The Bertz CT molecular complexity index is 1140. The van der Waals surface area contributed by atoms with Crippen LogP contribution in [0.4, 0.5) is 17.2 Å². The van der Waals surface area contributed by atoms with E-state index in [1.165, 1.54) is 5.56 Å². The third-order valence-electron chi connectivity index (χ3n) is 5.70. The molecule has 4 rings (SSSR count). The summed E-state index contributed by atoms with van der Waals surface area (Å²) in [5.41, 5.74) is 4.81. The number of benzene rings is 1. The molecule has 0 aliphatic carbocycles. The minimum atomic E-state index is 0.141. The van der Waals surface area contributed by atoms with Crippen LogP contribution in [0.25, 0.3) is 11.2 Å². The number of hydrogen-bond acceptors (Lipinski definition) is 6. The second kappa shape index (κ2) is 9.83. The standard InChI is InChI=1S/C22H27IN5O2PS/c1-13-25-20-16(10-19(24-12-29)27-21(20)28(13)31-23)26-15-6-5-14(9-18(15)32-4)17-7-8-22(2,3)11-30-17/h5-6,9-10,12,17,31H,7-8,11H2,1-4H3,(H2,24,26,27,29). The number of ether oxygens (including phenoxy) is 1. The van der Waals surface area contributed by atoms with Crippen molar-refractivity contribution in [3.8, 4) is 0 Å². The van der Waals surface area contributed by atoms with Crippen LogP contribution in [0.5, 0.6) is 0 Å². The Labute approximate surface area is 207 Å². The summed E-state index contributed by atoms with van der Waals surface area (Å²) in [6.07, 6.45) is 5.52. The number of hydrogen-bond donors (Lipinski definition) is 2. The summed E-state index contributed by atoms with van der Waals surface area (Å²) in [5.74, 6) is 1.38. The lowest BCUT2D eigenvalue weighted by molar-refractivity contribution is -0.105. The molecule has 2 aromatic heterocycles. The van der Waals surface area contributed by atoms with Gasteiger partial charge in [0.05, 0.1) is 30.5 Å². The molecule has 10 heteroatoms. The minimum Gasteiger partial charge on any atom is -0.373 e. The van der Waals surface area contributed by atoms with Crippen LogP contribution in [0.1, 0.15) is 44.2 Å². The lowest BCUT2D eigenvalue weighted by atomic mass is 9.84. The largest absolute Gasteiger partial charge is 0.373 e. The molecule has 1 aromatic carbocycles. The van der Waals surface area contributed by atoms with Crippen molar-refractivity contribution in [1.29, 1.82) is 0 Å². The van der Waals surface area contributed by atoms with E-state index in [1.807, 2.05) is 13.0 Å². The van der Waals surface area contributed by atoms with Crippen LogP contribution in [0.15, 0.2) is 29.2 Å². The molecule has 1 saturated heterocycles. The van der Waals surface area contributed by atoms with Crippen molar-refractivity contribution in [2.24, 2.45) is 5.41 Å². The van der Waals surface area contributed by atoms with E-state index in [-0.39, 0.29) is 11.5 Å². The number of carbonyl (C=O) groups is 1. The zero-order valence-corrected chi connectivity index (χ0v) is 22.5. The summed E-state index contributed by atoms with van der Waals surface area (Å²) in [7, 11) is 0. The molecule has 1 aliphatic heterocycles. The molecule has 3 aromatic rings. The molecular weight excluding hydrogens is 556 g/mol. The van der Waals surface area contributed by atoms with E-state index < -0.39 is 0 Å². The third kappa shape index (κ3) is 4.90. The molecule has 2 N–H and O–H groups in total. The van der Waals surface area contributed by atoms with E-state index in [4.69, 9.17) is 9.72 Å². The molecular formula is C22H27IN5O2PS. The average molecular weight is 583 g/mol. The number of rotatable bonds is 7. The molecule has 32 heavy (non-hydrogen) atoms. The molecule has 0 bridgehead atoms. The van der Waals surface area contributed by atoms with Gasteiger partial charge >= 0.3 is 0 Å². The van der Waals surface area contributed by atoms with Gasteiger partial charge in [-0.05, 0) is 71.2 Å². The first-order chi connectivity index (χ1) is 15.3. The van der Waals surface area contributed by atoms with Gasteiger partial charge in [-0.2, -0.15) is 0 Å². The fourth-order valence-electron chi connectivity index (χ4n) is 3.91. The Morgan fingerprint density at radius 1 is 1.31 bits per heavy atom. The maximum absolute atomic E-state index is 11.1. The van der Waals surface area contributed by atoms with E-state index in [9.17, 15) is 4.79 Å². The lowest BCUT2D eigenvalue weighted by Gasteiger charge is -2.35. The van der Waals surface area contributed by atoms with Gasteiger partial charge in [0.15, 0.2) is 5.65 Å². The van der Waals surface area contributed by atoms with Crippen molar-refractivity contribution in [1.82, 2.24) is 14.3 Å². The van der Waals surface area contributed by atoms with Crippen molar-refractivity contribution in [3.05, 3.63) is 35.7 Å². The van der Waals surface area contributed by atoms with Crippen molar-refractivity contribution in [3.63, 3.8) is 0 Å². The highest BCUT2D eigenvalue weighted by Gasteiger charge is 2.28. The monoisotopic (exact) mass is 583 g/mol. The van der Waals surface area contributed by atoms with E-state index in [2.05, 4.69) is 80.3 Å². The highest BCUT2D eigenvalue weighted by molar-refractivity contribution is 14.2. The molecule has 2 atom stereocenters. The van der Waals surface area contributed by atoms with Crippen molar-refractivity contribution >= 4 is 74.9 Å². The highest BCUT2D eigenvalue weighted by Crippen LogP contribution is 2.40. The van der Waals surface area contributed by atoms with Crippen molar-refractivity contribution < 1.29 is 9.53 Å². The van der Waals surface area contributed by atoms with Gasteiger partial charge in [-0.15, -0.1) is 11.8 Å². The predicted octanol–water partition coefficient (Wildman–Crippen LogP) is 6.44. The summed E-state index contributed by atoms with van der Waals surface area (Å²) in [6.45, 7) is 7.27. The van der Waals surface area contributed by atoms with Gasteiger partial charge < -0.3 is 15.4 Å². The van der Waals surface area contributed by atoms with Crippen LogP contribution in [-0.2, 0) is 9.53 Å². The van der Waals surface area contributed by atoms with Crippen LogP contribution >= 0.6 is 40.2 Å². The smallest absolute Gasteiger partial charge is 0.212 e. The van der Waals surface area contributed by atoms with E-state index >= 15 is 0 Å². The summed E-state index contributed by atoms with van der Waals surface area (Å²) in [5, 5.41) is 6.22. The lowest BCUT2D eigenvalue weighted by Crippen LogP contribution is -2.27. The Morgan fingerprint density at radius 3 is 2.78 bits per heavy atom. The number of nitrogens with one attached hydrogen (secondary N) is 2. The van der Waals surface area contributed by atoms with E-state index in [1.54, 1.807) is 11.8 Å². The van der Waals surface area contributed by atoms with Crippen LogP contribution in [0.3, 0.4) is 0 Å².